The van der Waals surface area contributed by atoms with Gasteiger partial charge in [0.15, 0.2) is 5.96 Å². The van der Waals surface area contributed by atoms with E-state index in [1.807, 2.05) is 4.90 Å². The van der Waals surface area contributed by atoms with Crippen molar-refractivity contribution in [2.45, 2.75) is 58.8 Å². The van der Waals surface area contributed by atoms with Gasteiger partial charge in [-0.25, -0.2) is 4.99 Å². The number of hydrogen-bond donors (Lipinski definition) is 2. The molecule has 0 aromatic carbocycles. The predicted molar refractivity (Wildman–Crippen MR) is 111 cm³/mol. The topological polar surface area (TPSA) is 56.7 Å². The maximum absolute atomic E-state index is 12.1. The van der Waals surface area contributed by atoms with Crippen LogP contribution in [-0.4, -0.2) is 49.5 Å². The minimum atomic E-state index is 0. The molecule has 6 heteroatoms. The zero-order chi connectivity index (χ0) is 16.5. The second kappa shape index (κ2) is 11.9. The molecule has 2 rings (SSSR count). The van der Waals surface area contributed by atoms with Crippen LogP contribution < -0.4 is 10.6 Å². The summed E-state index contributed by atoms with van der Waals surface area (Å²) >= 11 is 0. The molecule has 1 saturated carbocycles. The van der Waals surface area contributed by atoms with Crippen LogP contribution >= 0.6 is 24.0 Å². The molecule has 0 spiro atoms. The van der Waals surface area contributed by atoms with Gasteiger partial charge in [0.2, 0.25) is 5.91 Å². The summed E-state index contributed by atoms with van der Waals surface area (Å²) in [6, 6.07) is 0. The number of halogens is 1. The quantitative estimate of drug-likeness (QED) is 0.372. The Morgan fingerprint density at radius 2 is 1.67 bits per heavy atom. The predicted octanol–water partition coefficient (Wildman–Crippen LogP) is 3.00. The van der Waals surface area contributed by atoms with E-state index in [1.165, 1.54) is 32.1 Å². The van der Waals surface area contributed by atoms with Gasteiger partial charge in [0.25, 0.3) is 0 Å². The summed E-state index contributed by atoms with van der Waals surface area (Å²) in [5.74, 6) is 2.63. The molecule has 24 heavy (non-hydrogen) atoms. The molecule has 1 amide bonds. The first-order valence-corrected chi connectivity index (χ1v) is 9.52. The van der Waals surface area contributed by atoms with Crippen LogP contribution in [0.5, 0.6) is 0 Å². The number of carbonyl (C=O) groups is 1. The average molecular weight is 450 g/mol. The van der Waals surface area contributed by atoms with E-state index in [1.54, 1.807) is 0 Å². The lowest BCUT2D eigenvalue weighted by molar-refractivity contribution is -0.128. The Labute approximate surface area is 164 Å². The van der Waals surface area contributed by atoms with E-state index in [0.29, 0.717) is 0 Å². The highest BCUT2D eigenvalue weighted by Crippen LogP contribution is 2.29. The Hall–Kier alpha value is -0.530. The lowest BCUT2D eigenvalue weighted by atomic mass is 9.81. The molecule has 0 aromatic rings. The SMILES string of the molecule is CCNC(=NCC(=O)N1CCCC1)NCC1CCC(CC)CC1.I. The molecule has 2 aliphatic rings. The zero-order valence-corrected chi connectivity index (χ0v) is 17.7. The summed E-state index contributed by atoms with van der Waals surface area (Å²) in [6.07, 6.45) is 8.95. The van der Waals surface area contributed by atoms with Crippen LogP contribution in [0.2, 0.25) is 0 Å². The fourth-order valence-electron chi connectivity index (χ4n) is 3.64. The number of aliphatic imine (C=N–C) groups is 1. The summed E-state index contributed by atoms with van der Waals surface area (Å²) in [5.41, 5.74) is 0. The van der Waals surface area contributed by atoms with Crippen molar-refractivity contribution in [3.8, 4) is 0 Å². The number of carbonyl (C=O) groups excluding carboxylic acids is 1. The first kappa shape index (κ1) is 21.5. The van der Waals surface area contributed by atoms with Crippen LogP contribution in [0.25, 0.3) is 0 Å². The Morgan fingerprint density at radius 1 is 1.04 bits per heavy atom. The molecule has 0 unspecified atom stereocenters. The van der Waals surface area contributed by atoms with Crippen LogP contribution in [-0.2, 0) is 4.79 Å². The van der Waals surface area contributed by atoms with Crippen LogP contribution in [0.3, 0.4) is 0 Å². The number of guanidine groups is 1. The monoisotopic (exact) mass is 450 g/mol. The maximum atomic E-state index is 12.1. The smallest absolute Gasteiger partial charge is 0.244 e. The van der Waals surface area contributed by atoms with Crippen molar-refractivity contribution in [2.24, 2.45) is 16.8 Å². The van der Waals surface area contributed by atoms with Crippen LogP contribution in [0.1, 0.15) is 58.8 Å². The molecule has 0 aromatic heterocycles. The molecule has 1 aliphatic heterocycles. The molecule has 140 valence electrons. The summed E-state index contributed by atoms with van der Waals surface area (Å²) in [7, 11) is 0. The third-order valence-corrected chi connectivity index (χ3v) is 5.28. The third kappa shape index (κ3) is 7.15. The number of rotatable bonds is 6. The van der Waals surface area contributed by atoms with Crippen molar-refractivity contribution >= 4 is 35.8 Å². The molecule has 5 nitrogen and oxygen atoms in total. The summed E-state index contributed by atoms with van der Waals surface area (Å²) in [6.45, 7) is 8.23. The first-order chi connectivity index (χ1) is 11.2. The molecule has 0 atom stereocenters. The Bertz CT molecular complexity index is 388. The Morgan fingerprint density at radius 3 is 2.25 bits per heavy atom. The molecule has 1 saturated heterocycles. The van der Waals surface area contributed by atoms with Gasteiger partial charge in [0, 0.05) is 26.2 Å². The van der Waals surface area contributed by atoms with Gasteiger partial charge in [-0.3, -0.25) is 4.79 Å². The highest BCUT2D eigenvalue weighted by atomic mass is 127. The number of hydrogen-bond acceptors (Lipinski definition) is 2. The summed E-state index contributed by atoms with van der Waals surface area (Å²) in [5, 5.41) is 6.69. The lowest BCUT2D eigenvalue weighted by Gasteiger charge is -2.28. The Kier molecular flexibility index (Phi) is 10.7. The maximum Gasteiger partial charge on any atom is 0.244 e. The normalized spacial score (nSPS) is 24.4. The van der Waals surface area contributed by atoms with E-state index < -0.39 is 0 Å². The van der Waals surface area contributed by atoms with Crippen molar-refractivity contribution in [1.29, 1.82) is 0 Å². The minimum absolute atomic E-state index is 0. The molecule has 1 heterocycles. The molecule has 0 bridgehead atoms. The first-order valence-electron chi connectivity index (χ1n) is 9.52. The van der Waals surface area contributed by atoms with Crippen LogP contribution in [0.4, 0.5) is 0 Å². The van der Waals surface area contributed by atoms with Gasteiger partial charge < -0.3 is 15.5 Å². The number of likely N-dealkylation sites (tertiary alicyclic amines) is 1. The fourth-order valence-corrected chi connectivity index (χ4v) is 3.64. The van der Waals surface area contributed by atoms with Crippen molar-refractivity contribution in [3.05, 3.63) is 0 Å². The van der Waals surface area contributed by atoms with Crippen LogP contribution in [0.15, 0.2) is 4.99 Å². The van der Waals surface area contributed by atoms with Gasteiger partial charge in [-0.1, -0.05) is 26.2 Å². The lowest BCUT2D eigenvalue weighted by Crippen LogP contribution is -2.41. The number of amides is 1. The standard InChI is InChI=1S/C18H34N4O.HI/c1-3-15-7-9-16(10-8-15)13-20-18(19-4-2)21-14-17(23)22-11-5-6-12-22;/h15-16H,3-14H2,1-2H3,(H2,19,20,21);1H. The van der Waals surface area contributed by atoms with E-state index in [0.717, 1.165) is 56.8 Å². The van der Waals surface area contributed by atoms with E-state index in [9.17, 15) is 4.79 Å². The van der Waals surface area contributed by atoms with Gasteiger partial charge in [-0.05, 0) is 44.4 Å². The molecule has 1 aliphatic carbocycles. The van der Waals surface area contributed by atoms with Gasteiger partial charge in [-0.2, -0.15) is 0 Å². The van der Waals surface area contributed by atoms with Crippen LogP contribution in [0, 0.1) is 11.8 Å². The molecular formula is C18H35IN4O. The summed E-state index contributed by atoms with van der Waals surface area (Å²) < 4.78 is 0. The van der Waals surface area contributed by atoms with Gasteiger partial charge in [0.1, 0.15) is 6.54 Å². The highest BCUT2D eigenvalue weighted by molar-refractivity contribution is 14.0. The zero-order valence-electron chi connectivity index (χ0n) is 15.4. The van der Waals surface area contributed by atoms with Gasteiger partial charge >= 0.3 is 0 Å². The largest absolute Gasteiger partial charge is 0.357 e. The molecular weight excluding hydrogens is 415 g/mol. The minimum Gasteiger partial charge on any atom is -0.357 e. The van der Waals surface area contributed by atoms with Crippen molar-refractivity contribution in [2.75, 3.05) is 32.7 Å². The van der Waals surface area contributed by atoms with Crippen molar-refractivity contribution in [1.82, 2.24) is 15.5 Å². The number of nitrogens with one attached hydrogen (secondary N) is 2. The molecule has 2 fully saturated rings. The summed E-state index contributed by atoms with van der Waals surface area (Å²) in [4.78, 5) is 18.5. The second-order valence-electron chi connectivity index (χ2n) is 6.96. The van der Waals surface area contributed by atoms with E-state index >= 15 is 0 Å². The van der Waals surface area contributed by atoms with Crippen molar-refractivity contribution < 1.29 is 4.79 Å². The third-order valence-electron chi connectivity index (χ3n) is 5.28. The van der Waals surface area contributed by atoms with Gasteiger partial charge in [0.05, 0.1) is 0 Å². The highest BCUT2D eigenvalue weighted by Gasteiger charge is 2.20. The fraction of sp³-hybridized carbons (Fsp3) is 0.889. The van der Waals surface area contributed by atoms with E-state index in [4.69, 9.17) is 0 Å². The Balaban J connectivity index is 0.00000288. The van der Waals surface area contributed by atoms with E-state index in [2.05, 4.69) is 29.5 Å². The van der Waals surface area contributed by atoms with E-state index in [-0.39, 0.29) is 36.4 Å². The average Bonchev–Trinajstić information content (AvgIpc) is 3.12. The van der Waals surface area contributed by atoms with Crippen molar-refractivity contribution in [3.63, 3.8) is 0 Å². The second-order valence-corrected chi connectivity index (χ2v) is 6.96. The molecule has 0 radical (unpaired) electrons. The van der Waals surface area contributed by atoms with Gasteiger partial charge in [-0.15, -0.1) is 24.0 Å². The molecule has 2 N–H and O–H groups in total. The number of nitrogens with zero attached hydrogens (tertiary/aromatic N) is 2.